The fraction of sp³-hybridized carbons (Fsp3) is 0.571. The Morgan fingerprint density at radius 1 is 1.29 bits per heavy atom. The van der Waals surface area contributed by atoms with E-state index in [0.29, 0.717) is 38.8 Å². The lowest BCUT2D eigenvalue weighted by Crippen LogP contribution is -2.36. The van der Waals surface area contributed by atoms with Crippen LogP contribution in [0, 0.1) is 17.6 Å². The molecule has 1 aromatic carbocycles. The number of sulfonamides is 1. The number of hydrogen-bond acceptors (Lipinski definition) is 3. The Morgan fingerprint density at radius 2 is 1.95 bits per heavy atom. The monoisotopic (exact) mass is 319 g/mol. The molecule has 7 heteroatoms. The summed E-state index contributed by atoms with van der Waals surface area (Å²) in [5.41, 5.74) is 0. The van der Waals surface area contributed by atoms with E-state index in [-0.39, 0.29) is 10.8 Å². The normalized spacial score (nSPS) is 19.3. The SMILES string of the molecule is CCCN(CC1CCOC1)S(=O)(=O)c1cc(F)cc(F)c1. The number of rotatable bonds is 6. The zero-order chi connectivity index (χ0) is 15.5. The molecular weight excluding hydrogens is 300 g/mol. The van der Waals surface area contributed by atoms with Crippen LogP contribution in [-0.4, -0.2) is 39.0 Å². The zero-order valence-corrected chi connectivity index (χ0v) is 12.7. The highest BCUT2D eigenvalue weighted by molar-refractivity contribution is 7.89. The Morgan fingerprint density at radius 3 is 2.48 bits per heavy atom. The van der Waals surface area contributed by atoms with E-state index in [1.807, 2.05) is 6.92 Å². The second-order valence-corrected chi connectivity index (χ2v) is 7.14. The van der Waals surface area contributed by atoms with Crippen molar-refractivity contribution in [2.24, 2.45) is 5.92 Å². The summed E-state index contributed by atoms with van der Waals surface area (Å²) < 4.78 is 58.2. The molecule has 1 unspecified atom stereocenters. The molecule has 1 aliphatic rings. The third-order valence-corrected chi connectivity index (χ3v) is 5.28. The van der Waals surface area contributed by atoms with Gasteiger partial charge in [-0.2, -0.15) is 4.31 Å². The summed E-state index contributed by atoms with van der Waals surface area (Å²) in [5.74, 6) is -1.66. The Labute approximate surface area is 123 Å². The van der Waals surface area contributed by atoms with Crippen molar-refractivity contribution in [1.82, 2.24) is 4.31 Å². The van der Waals surface area contributed by atoms with Crippen LogP contribution in [0.3, 0.4) is 0 Å². The van der Waals surface area contributed by atoms with Gasteiger partial charge in [-0.25, -0.2) is 17.2 Å². The van der Waals surface area contributed by atoms with Crippen molar-refractivity contribution in [3.8, 4) is 0 Å². The van der Waals surface area contributed by atoms with Crippen molar-refractivity contribution < 1.29 is 21.9 Å². The average Bonchev–Trinajstić information content (AvgIpc) is 2.90. The molecule has 1 aliphatic heterocycles. The predicted octanol–water partition coefficient (Wildman–Crippen LogP) is 2.40. The molecule has 0 aromatic heterocycles. The first-order valence-electron chi connectivity index (χ1n) is 6.97. The Hall–Kier alpha value is -1.05. The first-order valence-corrected chi connectivity index (χ1v) is 8.41. The van der Waals surface area contributed by atoms with E-state index in [1.54, 1.807) is 0 Å². The van der Waals surface area contributed by atoms with Crippen molar-refractivity contribution in [2.45, 2.75) is 24.7 Å². The van der Waals surface area contributed by atoms with Crippen LogP contribution in [-0.2, 0) is 14.8 Å². The predicted molar refractivity (Wildman–Crippen MR) is 74.3 cm³/mol. The minimum Gasteiger partial charge on any atom is -0.381 e. The summed E-state index contributed by atoms with van der Waals surface area (Å²) in [6.07, 6.45) is 1.43. The van der Waals surface area contributed by atoms with Gasteiger partial charge in [-0.1, -0.05) is 6.92 Å². The summed E-state index contributed by atoms with van der Waals surface area (Å²) in [5, 5.41) is 0. The van der Waals surface area contributed by atoms with E-state index < -0.39 is 21.7 Å². The van der Waals surface area contributed by atoms with Crippen LogP contribution in [0.5, 0.6) is 0 Å². The van der Waals surface area contributed by atoms with Crippen molar-refractivity contribution in [2.75, 3.05) is 26.3 Å². The smallest absolute Gasteiger partial charge is 0.243 e. The summed E-state index contributed by atoms with van der Waals surface area (Å²) in [7, 11) is -3.90. The molecule has 21 heavy (non-hydrogen) atoms. The minimum absolute atomic E-state index is 0.129. The average molecular weight is 319 g/mol. The van der Waals surface area contributed by atoms with Crippen LogP contribution in [0.25, 0.3) is 0 Å². The number of hydrogen-bond donors (Lipinski definition) is 0. The quantitative estimate of drug-likeness (QED) is 0.809. The maximum Gasteiger partial charge on any atom is 0.243 e. The zero-order valence-electron chi connectivity index (χ0n) is 11.9. The summed E-state index contributed by atoms with van der Waals surface area (Å²) >= 11 is 0. The highest BCUT2D eigenvalue weighted by Gasteiger charge is 2.29. The molecule has 0 spiro atoms. The maximum atomic E-state index is 13.3. The maximum absolute atomic E-state index is 13.3. The van der Waals surface area contributed by atoms with E-state index in [9.17, 15) is 17.2 Å². The second-order valence-electron chi connectivity index (χ2n) is 5.20. The lowest BCUT2D eigenvalue weighted by molar-refractivity contribution is 0.180. The minimum atomic E-state index is -3.90. The summed E-state index contributed by atoms with van der Waals surface area (Å²) in [6, 6.07) is 2.37. The molecule has 4 nitrogen and oxygen atoms in total. The van der Waals surface area contributed by atoms with E-state index in [2.05, 4.69) is 0 Å². The molecule has 0 aliphatic carbocycles. The lowest BCUT2D eigenvalue weighted by Gasteiger charge is -2.24. The van der Waals surface area contributed by atoms with Gasteiger partial charge >= 0.3 is 0 Å². The van der Waals surface area contributed by atoms with Crippen LogP contribution in [0.4, 0.5) is 8.78 Å². The largest absolute Gasteiger partial charge is 0.381 e. The fourth-order valence-electron chi connectivity index (χ4n) is 2.40. The van der Waals surface area contributed by atoms with Crippen molar-refractivity contribution >= 4 is 10.0 Å². The van der Waals surface area contributed by atoms with E-state index in [4.69, 9.17) is 4.74 Å². The molecule has 1 saturated heterocycles. The lowest BCUT2D eigenvalue weighted by atomic mass is 10.1. The first-order chi connectivity index (χ1) is 9.93. The topological polar surface area (TPSA) is 46.6 Å². The van der Waals surface area contributed by atoms with E-state index in [1.165, 1.54) is 4.31 Å². The molecule has 0 N–H and O–H groups in total. The van der Waals surface area contributed by atoms with Crippen molar-refractivity contribution in [3.63, 3.8) is 0 Å². The van der Waals surface area contributed by atoms with Crippen LogP contribution >= 0.6 is 0 Å². The van der Waals surface area contributed by atoms with Crippen LogP contribution in [0.15, 0.2) is 23.1 Å². The second kappa shape index (κ2) is 6.81. The molecule has 0 bridgehead atoms. The molecule has 1 aromatic rings. The Bertz CT molecular complexity index is 566. The van der Waals surface area contributed by atoms with Gasteiger partial charge in [-0.05, 0) is 30.9 Å². The fourth-order valence-corrected chi connectivity index (χ4v) is 4.05. The molecule has 118 valence electrons. The van der Waals surface area contributed by atoms with Crippen LogP contribution < -0.4 is 0 Å². The van der Waals surface area contributed by atoms with Crippen LogP contribution in [0.1, 0.15) is 19.8 Å². The van der Waals surface area contributed by atoms with Gasteiger partial charge in [-0.15, -0.1) is 0 Å². The molecule has 0 radical (unpaired) electrons. The molecule has 2 rings (SSSR count). The van der Waals surface area contributed by atoms with Gasteiger partial charge in [0, 0.05) is 25.8 Å². The Kier molecular flexibility index (Phi) is 5.29. The summed E-state index contributed by atoms with van der Waals surface area (Å²) in [6.45, 7) is 3.64. The molecule has 1 heterocycles. The van der Waals surface area contributed by atoms with E-state index >= 15 is 0 Å². The van der Waals surface area contributed by atoms with Gasteiger partial charge < -0.3 is 4.74 Å². The van der Waals surface area contributed by atoms with Gasteiger partial charge in [0.05, 0.1) is 11.5 Å². The number of benzene rings is 1. The third kappa shape index (κ3) is 3.99. The molecule has 1 atom stereocenters. The van der Waals surface area contributed by atoms with Gasteiger partial charge in [0.1, 0.15) is 11.6 Å². The Balaban J connectivity index is 2.27. The van der Waals surface area contributed by atoms with Gasteiger partial charge in [-0.3, -0.25) is 0 Å². The van der Waals surface area contributed by atoms with Gasteiger partial charge in [0.2, 0.25) is 10.0 Å². The third-order valence-electron chi connectivity index (χ3n) is 3.43. The molecule has 1 fully saturated rings. The summed E-state index contributed by atoms with van der Waals surface area (Å²) in [4.78, 5) is -0.340. The highest BCUT2D eigenvalue weighted by atomic mass is 32.2. The first kappa shape index (κ1) is 16.3. The molecule has 0 amide bonds. The number of nitrogens with zero attached hydrogens (tertiary/aromatic N) is 1. The highest BCUT2D eigenvalue weighted by Crippen LogP contribution is 2.22. The molecule has 0 saturated carbocycles. The van der Waals surface area contributed by atoms with Gasteiger partial charge in [0.25, 0.3) is 0 Å². The number of halogens is 2. The van der Waals surface area contributed by atoms with Crippen molar-refractivity contribution in [1.29, 1.82) is 0 Å². The number of ether oxygens (including phenoxy) is 1. The van der Waals surface area contributed by atoms with Crippen molar-refractivity contribution in [3.05, 3.63) is 29.8 Å². The van der Waals surface area contributed by atoms with Crippen LogP contribution in [0.2, 0.25) is 0 Å². The molecular formula is C14H19F2NO3S. The standard InChI is InChI=1S/C14H19F2NO3S/c1-2-4-17(9-11-3-5-20-10-11)21(18,19)14-7-12(15)6-13(16)8-14/h6-8,11H,2-5,9-10H2,1H3. The van der Waals surface area contributed by atoms with E-state index in [0.717, 1.165) is 18.6 Å². The van der Waals surface area contributed by atoms with Gasteiger partial charge in [0.15, 0.2) is 0 Å².